The van der Waals surface area contributed by atoms with Gasteiger partial charge < -0.3 is 0 Å². The molecular formula is C31H43N3O2. The summed E-state index contributed by atoms with van der Waals surface area (Å²) in [5, 5.41) is 2.12. The minimum Gasteiger partial charge on any atom is -0.296 e. The van der Waals surface area contributed by atoms with Crippen molar-refractivity contribution in [3.63, 3.8) is 0 Å². The molecule has 2 saturated carbocycles. The highest BCUT2D eigenvalue weighted by atomic mass is 16.2. The highest BCUT2D eigenvalue weighted by Gasteiger charge is 2.58. The second-order valence-corrected chi connectivity index (χ2v) is 13.0. The van der Waals surface area contributed by atoms with E-state index in [0.717, 1.165) is 51.0 Å². The molecule has 0 unspecified atom stereocenters. The van der Waals surface area contributed by atoms with E-state index in [-0.39, 0.29) is 17.2 Å². The monoisotopic (exact) mass is 489 g/mol. The van der Waals surface area contributed by atoms with E-state index in [1.165, 1.54) is 37.7 Å². The SMILES string of the molecule is C[C@@]12CCC[C@H]1[C@@H]1CN(C(=O)NN3CCC(Cc4ccccc4)CC3)C3=CC(=O)CC[C@]3(C)[C@H]1CC2. The van der Waals surface area contributed by atoms with Crippen LogP contribution in [0, 0.1) is 34.5 Å². The number of carbonyl (C=O) groups is 2. The van der Waals surface area contributed by atoms with Gasteiger partial charge in [0.25, 0.3) is 0 Å². The number of nitrogens with zero attached hydrogens (tertiary/aromatic N) is 2. The lowest BCUT2D eigenvalue weighted by molar-refractivity contribution is -0.118. The van der Waals surface area contributed by atoms with Crippen LogP contribution in [0.25, 0.3) is 0 Å². The fourth-order valence-corrected chi connectivity index (χ4v) is 8.88. The van der Waals surface area contributed by atoms with Gasteiger partial charge in [-0.25, -0.2) is 9.80 Å². The Morgan fingerprint density at radius 1 is 1.00 bits per heavy atom. The van der Waals surface area contributed by atoms with Gasteiger partial charge in [0.05, 0.1) is 0 Å². The van der Waals surface area contributed by atoms with Crippen LogP contribution < -0.4 is 5.43 Å². The Labute approximate surface area is 216 Å². The fourth-order valence-electron chi connectivity index (χ4n) is 8.88. The van der Waals surface area contributed by atoms with Crippen LogP contribution in [0.5, 0.6) is 0 Å². The van der Waals surface area contributed by atoms with Gasteiger partial charge in [-0.2, -0.15) is 0 Å². The molecule has 5 heteroatoms. The van der Waals surface area contributed by atoms with Gasteiger partial charge in [0.1, 0.15) is 0 Å². The van der Waals surface area contributed by atoms with Crippen LogP contribution in [0.4, 0.5) is 4.79 Å². The van der Waals surface area contributed by atoms with Gasteiger partial charge in [-0.05, 0) is 86.0 Å². The van der Waals surface area contributed by atoms with E-state index < -0.39 is 0 Å². The zero-order valence-electron chi connectivity index (χ0n) is 22.2. The summed E-state index contributed by atoms with van der Waals surface area (Å²) >= 11 is 0. The number of amides is 2. The summed E-state index contributed by atoms with van der Waals surface area (Å²) in [7, 11) is 0. The van der Waals surface area contributed by atoms with Crippen molar-refractivity contribution in [3.05, 3.63) is 47.7 Å². The molecule has 2 heterocycles. The highest BCUT2D eigenvalue weighted by Crippen LogP contribution is 2.63. The third kappa shape index (κ3) is 4.21. The van der Waals surface area contributed by atoms with Crippen molar-refractivity contribution in [2.45, 2.75) is 78.1 Å². The van der Waals surface area contributed by atoms with Crippen molar-refractivity contribution >= 4 is 11.8 Å². The van der Waals surface area contributed by atoms with E-state index in [2.05, 4.69) is 54.6 Å². The molecule has 3 aliphatic carbocycles. The molecule has 5 nitrogen and oxygen atoms in total. The number of hydrogen-bond donors (Lipinski definition) is 1. The minimum absolute atomic E-state index is 0.0209. The van der Waals surface area contributed by atoms with Crippen LogP contribution in [0.2, 0.25) is 0 Å². The summed E-state index contributed by atoms with van der Waals surface area (Å²) in [6.07, 6.45) is 13.2. The average molecular weight is 490 g/mol. The molecule has 1 N–H and O–H groups in total. The highest BCUT2D eigenvalue weighted by molar-refractivity contribution is 5.92. The maximum absolute atomic E-state index is 13.8. The van der Waals surface area contributed by atoms with Crippen LogP contribution in [0.1, 0.15) is 77.2 Å². The smallest absolute Gasteiger partial charge is 0.296 e. The van der Waals surface area contributed by atoms with Crippen molar-refractivity contribution in [1.29, 1.82) is 0 Å². The first kappa shape index (κ1) is 24.2. The molecule has 4 fully saturated rings. The number of carbonyl (C=O) groups excluding carboxylic acids is 2. The molecule has 36 heavy (non-hydrogen) atoms. The first-order valence-electron chi connectivity index (χ1n) is 14.5. The molecule has 5 aliphatic rings. The van der Waals surface area contributed by atoms with Crippen LogP contribution in [-0.2, 0) is 11.2 Å². The second kappa shape index (κ2) is 9.31. The Morgan fingerprint density at radius 3 is 2.56 bits per heavy atom. The van der Waals surface area contributed by atoms with Gasteiger partial charge >= 0.3 is 6.03 Å². The number of nitrogens with one attached hydrogen (secondary N) is 1. The lowest BCUT2D eigenvalue weighted by Crippen LogP contribution is -2.61. The number of allylic oxidation sites excluding steroid dienone is 2. The van der Waals surface area contributed by atoms with Gasteiger partial charge in [-0.1, -0.05) is 50.6 Å². The third-order valence-corrected chi connectivity index (χ3v) is 11.0. The predicted molar refractivity (Wildman–Crippen MR) is 142 cm³/mol. The van der Waals surface area contributed by atoms with Crippen LogP contribution in [-0.4, -0.2) is 41.4 Å². The zero-order valence-corrected chi connectivity index (χ0v) is 22.2. The number of piperidine rings is 2. The largest absolute Gasteiger partial charge is 0.336 e. The van der Waals surface area contributed by atoms with E-state index in [0.29, 0.717) is 35.5 Å². The predicted octanol–water partition coefficient (Wildman–Crippen LogP) is 5.97. The Balaban J connectivity index is 1.16. The van der Waals surface area contributed by atoms with Gasteiger partial charge in [0, 0.05) is 43.2 Å². The van der Waals surface area contributed by atoms with Crippen molar-refractivity contribution in [2.75, 3.05) is 19.6 Å². The lowest BCUT2D eigenvalue weighted by Gasteiger charge is -2.59. The number of ketones is 1. The molecule has 0 bridgehead atoms. The van der Waals surface area contributed by atoms with Crippen molar-refractivity contribution in [3.8, 4) is 0 Å². The molecule has 194 valence electrons. The number of benzene rings is 1. The van der Waals surface area contributed by atoms with Gasteiger partial charge in [0.2, 0.25) is 0 Å². The number of hydrazine groups is 1. The van der Waals surface area contributed by atoms with E-state index in [1.54, 1.807) is 0 Å². The minimum atomic E-state index is -0.0687. The zero-order chi connectivity index (χ0) is 24.9. The molecule has 0 aromatic heterocycles. The molecule has 0 spiro atoms. The molecule has 1 aromatic carbocycles. The fraction of sp³-hybridized carbons (Fsp3) is 0.677. The molecule has 1 aromatic rings. The van der Waals surface area contributed by atoms with Crippen LogP contribution in [0.15, 0.2) is 42.1 Å². The average Bonchev–Trinajstić information content (AvgIpc) is 3.28. The van der Waals surface area contributed by atoms with E-state index in [1.807, 2.05) is 11.0 Å². The van der Waals surface area contributed by atoms with Gasteiger partial charge in [-0.3, -0.25) is 15.1 Å². The Hall–Kier alpha value is -2.14. The molecule has 2 aliphatic heterocycles. The molecule has 2 amide bonds. The number of hydrogen-bond acceptors (Lipinski definition) is 3. The third-order valence-electron chi connectivity index (χ3n) is 11.0. The van der Waals surface area contributed by atoms with E-state index in [4.69, 9.17) is 0 Å². The first-order chi connectivity index (χ1) is 17.4. The molecule has 2 saturated heterocycles. The van der Waals surface area contributed by atoms with E-state index >= 15 is 0 Å². The number of rotatable bonds is 3. The maximum Gasteiger partial charge on any atom is 0.336 e. The van der Waals surface area contributed by atoms with Crippen LogP contribution in [0.3, 0.4) is 0 Å². The Kier molecular flexibility index (Phi) is 6.26. The Bertz CT molecular complexity index is 1030. The van der Waals surface area contributed by atoms with Crippen molar-refractivity contribution in [2.24, 2.45) is 34.5 Å². The second-order valence-electron chi connectivity index (χ2n) is 13.0. The molecule has 6 rings (SSSR count). The Morgan fingerprint density at radius 2 is 1.78 bits per heavy atom. The number of urea groups is 1. The van der Waals surface area contributed by atoms with Gasteiger partial charge in [0.15, 0.2) is 5.78 Å². The summed E-state index contributed by atoms with van der Waals surface area (Å²) in [4.78, 5) is 28.4. The van der Waals surface area contributed by atoms with Crippen LogP contribution >= 0.6 is 0 Å². The topological polar surface area (TPSA) is 52.7 Å². The summed E-state index contributed by atoms with van der Waals surface area (Å²) in [6, 6.07) is 10.7. The normalized spacial score (nSPS) is 37.1. The molecule has 0 radical (unpaired) electrons. The first-order valence-corrected chi connectivity index (χ1v) is 14.5. The van der Waals surface area contributed by atoms with Gasteiger partial charge in [-0.15, -0.1) is 0 Å². The maximum atomic E-state index is 13.8. The van der Waals surface area contributed by atoms with E-state index in [9.17, 15) is 9.59 Å². The number of fused-ring (bicyclic) bond motifs is 5. The van der Waals surface area contributed by atoms with Crippen molar-refractivity contribution < 1.29 is 9.59 Å². The molecule has 5 atom stereocenters. The van der Waals surface area contributed by atoms with Crippen molar-refractivity contribution in [1.82, 2.24) is 15.3 Å². The summed E-state index contributed by atoms with van der Waals surface area (Å²) in [5.41, 5.74) is 6.04. The summed E-state index contributed by atoms with van der Waals surface area (Å²) in [6.45, 7) is 7.41. The standard InChI is InChI=1S/C31H43N3O2/c1-30-14-6-9-26(30)25-21-34(28-20-24(35)10-16-31(28,2)27(25)11-15-30)29(36)32-33-17-12-23(13-18-33)19-22-7-4-3-5-8-22/h3-5,7-8,20,23,25-27H,6,9-19,21H2,1-2H3,(H,32,36)/t25-,26-,27-,30-,31+/m0/s1. The summed E-state index contributed by atoms with van der Waals surface area (Å²) < 4.78 is 0. The summed E-state index contributed by atoms with van der Waals surface area (Å²) in [5.74, 6) is 2.69. The lowest BCUT2D eigenvalue weighted by atomic mass is 9.50. The molecular weight excluding hydrogens is 446 g/mol. The quantitative estimate of drug-likeness (QED) is 0.569. The number of likely N-dealkylation sites (tertiary alicyclic amines) is 1.